The fraction of sp³-hybridized carbons (Fsp3) is 0.118. The van der Waals surface area contributed by atoms with E-state index in [1.54, 1.807) is 12.4 Å². The summed E-state index contributed by atoms with van der Waals surface area (Å²) in [7, 11) is 0. The van der Waals surface area contributed by atoms with Crippen molar-refractivity contribution in [3.63, 3.8) is 0 Å². The van der Waals surface area contributed by atoms with E-state index < -0.39 is 0 Å². The number of hydrogen-bond acceptors (Lipinski definition) is 4. The Labute approximate surface area is 132 Å². The number of amides is 1. The molecule has 2 aromatic heterocycles. The number of benzene rings is 1. The SMILES string of the molecule is Cc1nc(-c2ccccc2)c(C(=O)NCc2cccnc2)s1. The van der Waals surface area contributed by atoms with Gasteiger partial charge in [0.05, 0.1) is 10.7 Å². The first-order valence-electron chi connectivity index (χ1n) is 6.94. The van der Waals surface area contributed by atoms with Crippen molar-refractivity contribution in [1.29, 1.82) is 0 Å². The summed E-state index contributed by atoms with van der Waals surface area (Å²) >= 11 is 1.41. The third-order valence-electron chi connectivity index (χ3n) is 3.16. The molecule has 1 amide bonds. The Hall–Kier alpha value is -2.53. The summed E-state index contributed by atoms with van der Waals surface area (Å²) < 4.78 is 0. The van der Waals surface area contributed by atoms with E-state index in [2.05, 4.69) is 15.3 Å². The number of nitrogens with zero attached hydrogens (tertiary/aromatic N) is 2. The highest BCUT2D eigenvalue weighted by molar-refractivity contribution is 7.14. The highest BCUT2D eigenvalue weighted by Crippen LogP contribution is 2.27. The van der Waals surface area contributed by atoms with Crippen LogP contribution in [0.3, 0.4) is 0 Å². The van der Waals surface area contributed by atoms with Crippen LogP contribution in [0.1, 0.15) is 20.2 Å². The molecule has 110 valence electrons. The van der Waals surface area contributed by atoms with Crippen LogP contribution in [0.25, 0.3) is 11.3 Å². The summed E-state index contributed by atoms with van der Waals surface area (Å²) in [6, 6.07) is 13.6. The monoisotopic (exact) mass is 309 g/mol. The maximum absolute atomic E-state index is 12.5. The van der Waals surface area contributed by atoms with Crippen molar-refractivity contribution in [1.82, 2.24) is 15.3 Å². The molecule has 0 aliphatic rings. The number of aryl methyl sites for hydroxylation is 1. The zero-order valence-corrected chi connectivity index (χ0v) is 12.9. The highest BCUT2D eigenvalue weighted by Gasteiger charge is 2.17. The number of pyridine rings is 1. The van der Waals surface area contributed by atoms with Crippen molar-refractivity contribution < 1.29 is 4.79 Å². The number of thiazole rings is 1. The second-order valence-corrected chi connectivity index (χ2v) is 6.02. The quantitative estimate of drug-likeness (QED) is 0.803. The van der Waals surface area contributed by atoms with Crippen LogP contribution in [0.4, 0.5) is 0 Å². The first-order valence-corrected chi connectivity index (χ1v) is 7.75. The Bertz CT molecular complexity index is 769. The van der Waals surface area contributed by atoms with Crippen LogP contribution in [0.5, 0.6) is 0 Å². The van der Waals surface area contributed by atoms with Gasteiger partial charge in [-0.15, -0.1) is 11.3 Å². The lowest BCUT2D eigenvalue weighted by atomic mass is 10.1. The molecule has 5 heteroatoms. The Kier molecular flexibility index (Phi) is 4.25. The minimum atomic E-state index is -0.103. The number of rotatable bonds is 4. The van der Waals surface area contributed by atoms with Gasteiger partial charge >= 0.3 is 0 Å². The minimum Gasteiger partial charge on any atom is -0.347 e. The zero-order valence-electron chi connectivity index (χ0n) is 12.1. The fourth-order valence-electron chi connectivity index (χ4n) is 2.14. The van der Waals surface area contributed by atoms with Gasteiger partial charge in [-0.25, -0.2) is 4.98 Å². The number of aromatic nitrogens is 2. The van der Waals surface area contributed by atoms with E-state index in [9.17, 15) is 4.79 Å². The first-order chi connectivity index (χ1) is 10.7. The van der Waals surface area contributed by atoms with Crippen LogP contribution in [0.15, 0.2) is 54.9 Å². The Morgan fingerprint density at radius 2 is 2.00 bits per heavy atom. The Balaban J connectivity index is 1.81. The molecule has 0 aliphatic heterocycles. The minimum absolute atomic E-state index is 0.103. The summed E-state index contributed by atoms with van der Waals surface area (Å²) in [5.74, 6) is -0.103. The molecule has 0 bridgehead atoms. The number of carbonyl (C=O) groups excluding carboxylic acids is 1. The summed E-state index contributed by atoms with van der Waals surface area (Å²) in [5.41, 5.74) is 2.67. The van der Waals surface area contributed by atoms with E-state index in [1.165, 1.54) is 11.3 Å². The summed E-state index contributed by atoms with van der Waals surface area (Å²) in [5, 5.41) is 3.81. The van der Waals surface area contributed by atoms with Gasteiger partial charge < -0.3 is 5.32 Å². The largest absolute Gasteiger partial charge is 0.347 e. The summed E-state index contributed by atoms with van der Waals surface area (Å²) in [6.45, 7) is 2.37. The molecule has 0 fully saturated rings. The van der Waals surface area contributed by atoms with Crippen molar-refractivity contribution in [2.24, 2.45) is 0 Å². The molecular formula is C17H15N3OS. The van der Waals surface area contributed by atoms with Crippen molar-refractivity contribution in [2.45, 2.75) is 13.5 Å². The van der Waals surface area contributed by atoms with Crippen molar-refractivity contribution >= 4 is 17.2 Å². The first kappa shape index (κ1) is 14.4. The molecular weight excluding hydrogens is 294 g/mol. The zero-order chi connectivity index (χ0) is 15.4. The van der Waals surface area contributed by atoms with E-state index in [4.69, 9.17) is 0 Å². The van der Waals surface area contributed by atoms with Gasteiger partial charge in [-0.3, -0.25) is 9.78 Å². The predicted molar refractivity (Wildman–Crippen MR) is 87.7 cm³/mol. The van der Waals surface area contributed by atoms with Crippen LogP contribution in [-0.2, 0) is 6.54 Å². The van der Waals surface area contributed by atoms with Gasteiger partial charge in [-0.05, 0) is 18.6 Å². The van der Waals surface area contributed by atoms with Gasteiger partial charge in [0.2, 0.25) is 0 Å². The topological polar surface area (TPSA) is 54.9 Å². The standard InChI is InChI=1S/C17H15N3OS/c1-12-20-15(14-7-3-2-4-8-14)16(22-12)17(21)19-11-13-6-5-9-18-10-13/h2-10H,11H2,1H3,(H,19,21). The molecule has 3 aromatic rings. The van der Waals surface area contributed by atoms with E-state index in [0.717, 1.165) is 21.8 Å². The van der Waals surface area contributed by atoms with Gasteiger partial charge in [-0.1, -0.05) is 36.4 Å². The third-order valence-corrected chi connectivity index (χ3v) is 4.13. The van der Waals surface area contributed by atoms with Crippen LogP contribution in [0.2, 0.25) is 0 Å². The summed E-state index contributed by atoms with van der Waals surface area (Å²) in [6.07, 6.45) is 3.46. The second-order valence-electron chi connectivity index (χ2n) is 4.82. The molecule has 22 heavy (non-hydrogen) atoms. The number of carbonyl (C=O) groups is 1. The van der Waals surface area contributed by atoms with Gasteiger partial charge in [0, 0.05) is 24.5 Å². The molecule has 1 N–H and O–H groups in total. The molecule has 1 aromatic carbocycles. The van der Waals surface area contributed by atoms with Gasteiger partial charge in [0.25, 0.3) is 5.91 Å². The van der Waals surface area contributed by atoms with Crippen LogP contribution in [-0.4, -0.2) is 15.9 Å². The van der Waals surface area contributed by atoms with E-state index in [0.29, 0.717) is 11.4 Å². The van der Waals surface area contributed by atoms with Crippen molar-refractivity contribution in [3.05, 3.63) is 70.3 Å². The maximum Gasteiger partial charge on any atom is 0.263 e. The van der Waals surface area contributed by atoms with Crippen molar-refractivity contribution in [3.8, 4) is 11.3 Å². The lowest BCUT2D eigenvalue weighted by Crippen LogP contribution is -2.22. The predicted octanol–water partition coefficient (Wildman–Crippen LogP) is 3.44. The molecule has 3 rings (SSSR count). The lowest BCUT2D eigenvalue weighted by molar-refractivity contribution is 0.0955. The van der Waals surface area contributed by atoms with E-state index >= 15 is 0 Å². The number of nitrogens with one attached hydrogen (secondary N) is 1. The average molecular weight is 309 g/mol. The highest BCUT2D eigenvalue weighted by atomic mass is 32.1. The summed E-state index contributed by atoms with van der Waals surface area (Å²) in [4.78, 5) is 21.7. The van der Waals surface area contributed by atoms with Crippen LogP contribution >= 0.6 is 11.3 Å². The Morgan fingerprint density at radius 3 is 2.73 bits per heavy atom. The maximum atomic E-state index is 12.5. The molecule has 0 saturated heterocycles. The van der Waals surface area contributed by atoms with Gasteiger partial charge in [-0.2, -0.15) is 0 Å². The van der Waals surface area contributed by atoms with Crippen LogP contribution in [0, 0.1) is 6.92 Å². The molecule has 0 aliphatic carbocycles. The molecule has 4 nitrogen and oxygen atoms in total. The normalized spacial score (nSPS) is 10.4. The molecule has 2 heterocycles. The van der Waals surface area contributed by atoms with E-state index in [1.807, 2.05) is 49.4 Å². The van der Waals surface area contributed by atoms with Crippen LogP contribution < -0.4 is 5.32 Å². The molecule has 0 atom stereocenters. The molecule has 0 radical (unpaired) electrons. The molecule has 0 saturated carbocycles. The average Bonchev–Trinajstić information content (AvgIpc) is 2.96. The third kappa shape index (κ3) is 3.20. The lowest BCUT2D eigenvalue weighted by Gasteiger charge is -2.05. The molecule has 0 unspecified atom stereocenters. The second kappa shape index (κ2) is 6.49. The smallest absolute Gasteiger partial charge is 0.263 e. The molecule has 0 spiro atoms. The van der Waals surface area contributed by atoms with E-state index in [-0.39, 0.29) is 5.91 Å². The van der Waals surface area contributed by atoms with Gasteiger partial charge in [0.1, 0.15) is 4.88 Å². The Morgan fingerprint density at radius 1 is 1.18 bits per heavy atom. The van der Waals surface area contributed by atoms with Crippen molar-refractivity contribution in [2.75, 3.05) is 0 Å². The number of hydrogen-bond donors (Lipinski definition) is 1. The van der Waals surface area contributed by atoms with Gasteiger partial charge in [0.15, 0.2) is 0 Å². The fourth-order valence-corrected chi connectivity index (χ4v) is 3.00.